The molecule has 0 aliphatic heterocycles. The van der Waals surface area contributed by atoms with Crippen LogP contribution in [0, 0.1) is 12.7 Å². The van der Waals surface area contributed by atoms with Crippen molar-refractivity contribution in [3.63, 3.8) is 0 Å². The van der Waals surface area contributed by atoms with Crippen LogP contribution in [0.2, 0.25) is 10.0 Å². The Labute approximate surface area is 160 Å². The third-order valence-electron chi connectivity index (χ3n) is 3.27. The smallest absolute Gasteiger partial charge is 0.347 e. The molecule has 1 amide bonds. The lowest BCUT2D eigenvalue weighted by Crippen LogP contribution is -2.30. The van der Waals surface area contributed by atoms with Gasteiger partial charge in [0.15, 0.2) is 12.7 Å². The van der Waals surface area contributed by atoms with Gasteiger partial charge in [-0.1, -0.05) is 29.3 Å². The molecule has 0 aromatic heterocycles. The number of carbonyl (C=O) groups is 2. The van der Waals surface area contributed by atoms with E-state index in [2.05, 4.69) is 5.32 Å². The van der Waals surface area contributed by atoms with Gasteiger partial charge >= 0.3 is 5.97 Å². The largest absolute Gasteiger partial charge is 0.477 e. The molecule has 138 valence electrons. The van der Waals surface area contributed by atoms with Crippen LogP contribution in [0.4, 0.5) is 10.1 Å². The molecular weight excluding hydrogens is 384 g/mol. The Kier molecular flexibility index (Phi) is 6.83. The molecule has 2 aromatic carbocycles. The summed E-state index contributed by atoms with van der Waals surface area (Å²) in [6.07, 6.45) is -1.00. The molecule has 1 atom stereocenters. The Morgan fingerprint density at radius 1 is 1.19 bits per heavy atom. The maximum absolute atomic E-state index is 13.7. The number of nitrogens with one attached hydrogen (secondary N) is 1. The zero-order chi connectivity index (χ0) is 19.3. The number of hydrogen-bond donors (Lipinski definition) is 1. The van der Waals surface area contributed by atoms with Gasteiger partial charge in [0.05, 0.1) is 10.7 Å². The quantitative estimate of drug-likeness (QED) is 0.731. The molecule has 0 saturated carbocycles. The van der Waals surface area contributed by atoms with E-state index in [1.165, 1.54) is 31.2 Å². The van der Waals surface area contributed by atoms with Gasteiger partial charge in [-0.05, 0) is 49.7 Å². The lowest BCUT2D eigenvalue weighted by Gasteiger charge is -2.15. The van der Waals surface area contributed by atoms with E-state index in [0.717, 1.165) is 5.56 Å². The van der Waals surface area contributed by atoms with Crippen molar-refractivity contribution >= 4 is 40.8 Å². The summed E-state index contributed by atoms with van der Waals surface area (Å²) in [5, 5.41) is 3.00. The van der Waals surface area contributed by atoms with E-state index in [4.69, 9.17) is 32.7 Å². The van der Waals surface area contributed by atoms with Crippen LogP contribution in [0.15, 0.2) is 36.4 Å². The first-order valence-electron chi connectivity index (χ1n) is 7.60. The number of amides is 1. The first kappa shape index (κ1) is 20.0. The number of benzene rings is 2. The molecule has 2 rings (SSSR count). The fraction of sp³-hybridized carbons (Fsp3) is 0.222. The van der Waals surface area contributed by atoms with E-state index in [1.807, 2.05) is 0 Å². The Hall–Kier alpha value is -2.31. The molecule has 0 heterocycles. The molecule has 8 heteroatoms. The maximum Gasteiger partial charge on any atom is 0.347 e. The van der Waals surface area contributed by atoms with Gasteiger partial charge in [-0.15, -0.1) is 0 Å². The summed E-state index contributed by atoms with van der Waals surface area (Å²) >= 11 is 11.7. The minimum absolute atomic E-state index is 0.00823. The molecule has 0 aliphatic carbocycles. The minimum atomic E-state index is -1.00. The monoisotopic (exact) mass is 399 g/mol. The van der Waals surface area contributed by atoms with Crippen LogP contribution in [0.25, 0.3) is 0 Å². The van der Waals surface area contributed by atoms with Crippen LogP contribution in [0.3, 0.4) is 0 Å². The van der Waals surface area contributed by atoms with Crippen molar-refractivity contribution in [2.75, 3.05) is 11.9 Å². The average molecular weight is 400 g/mol. The number of hydrogen-bond acceptors (Lipinski definition) is 4. The van der Waals surface area contributed by atoms with Crippen LogP contribution in [0.1, 0.15) is 12.5 Å². The van der Waals surface area contributed by atoms with Crippen molar-refractivity contribution in [1.29, 1.82) is 0 Å². The Bertz CT molecular complexity index is 829. The van der Waals surface area contributed by atoms with Crippen LogP contribution < -0.4 is 10.1 Å². The number of ether oxygens (including phenoxy) is 2. The Balaban J connectivity index is 1.85. The van der Waals surface area contributed by atoms with E-state index >= 15 is 0 Å². The molecule has 0 unspecified atom stereocenters. The van der Waals surface area contributed by atoms with E-state index in [9.17, 15) is 14.0 Å². The molecule has 2 aromatic rings. The topological polar surface area (TPSA) is 64.6 Å². The highest BCUT2D eigenvalue weighted by Gasteiger charge is 2.19. The van der Waals surface area contributed by atoms with E-state index in [1.54, 1.807) is 19.1 Å². The van der Waals surface area contributed by atoms with Gasteiger partial charge in [-0.25, -0.2) is 9.18 Å². The number of aryl methyl sites for hydroxylation is 1. The van der Waals surface area contributed by atoms with Gasteiger partial charge in [0.1, 0.15) is 11.6 Å². The lowest BCUT2D eigenvalue weighted by atomic mass is 10.2. The molecule has 0 fully saturated rings. The molecule has 0 radical (unpaired) electrons. The summed E-state index contributed by atoms with van der Waals surface area (Å²) in [7, 11) is 0. The van der Waals surface area contributed by atoms with Crippen molar-refractivity contribution in [2.45, 2.75) is 20.0 Å². The van der Waals surface area contributed by atoms with E-state index < -0.39 is 30.4 Å². The fourth-order valence-corrected chi connectivity index (χ4v) is 2.42. The number of rotatable bonds is 6. The number of anilines is 1. The zero-order valence-corrected chi connectivity index (χ0v) is 15.5. The van der Waals surface area contributed by atoms with Crippen molar-refractivity contribution < 1.29 is 23.5 Å². The molecule has 0 bridgehead atoms. The Morgan fingerprint density at radius 3 is 2.58 bits per heavy atom. The van der Waals surface area contributed by atoms with Crippen molar-refractivity contribution in [2.24, 2.45) is 0 Å². The van der Waals surface area contributed by atoms with Gasteiger partial charge < -0.3 is 14.8 Å². The van der Waals surface area contributed by atoms with E-state index in [0.29, 0.717) is 5.02 Å². The summed E-state index contributed by atoms with van der Waals surface area (Å²) in [4.78, 5) is 23.7. The van der Waals surface area contributed by atoms with Crippen LogP contribution in [-0.4, -0.2) is 24.6 Å². The van der Waals surface area contributed by atoms with Crippen molar-refractivity contribution in [3.8, 4) is 5.75 Å². The van der Waals surface area contributed by atoms with Gasteiger partial charge in [-0.3, -0.25) is 4.79 Å². The van der Waals surface area contributed by atoms with Gasteiger partial charge in [-0.2, -0.15) is 0 Å². The predicted molar refractivity (Wildman–Crippen MR) is 97.3 cm³/mol. The summed E-state index contributed by atoms with van der Waals surface area (Å²) in [6.45, 7) is 2.60. The summed E-state index contributed by atoms with van der Waals surface area (Å²) < 4.78 is 23.9. The summed E-state index contributed by atoms with van der Waals surface area (Å²) in [6, 6.07) is 8.91. The third-order valence-corrected chi connectivity index (χ3v) is 3.80. The maximum atomic E-state index is 13.7. The highest BCUT2D eigenvalue weighted by Crippen LogP contribution is 2.28. The van der Waals surface area contributed by atoms with Crippen LogP contribution in [0.5, 0.6) is 5.75 Å². The fourth-order valence-electron chi connectivity index (χ4n) is 1.97. The predicted octanol–water partition coefficient (Wildman–Crippen LogP) is 4.39. The van der Waals surface area contributed by atoms with Gasteiger partial charge in [0, 0.05) is 5.02 Å². The van der Waals surface area contributed by atoms with E-state index in [-0.39, 0.29) is 16.5 Å². The third kappa shape index (κ3) is 5.61. The highest BCUT2D eigenvalue weighted by molar-refractivity contribution is 6.35. The molecule has 26 heavy (non-hydrogen) atoms. The molecule has 5 nitrogen and oxygen atoms in total. The summed E-state index contributed by atoms with van der Waals surface area (Å²) in [5.41, 5.74) is 0.729. The molecule has 0 aliphatic rings. The van der Waals surface area contributed by atoms with Crippen LogP contribution >= 0.6 is 23.2 Å². The first-order valence-corrected chi connectivity index (χ1v) is 8.36. The van der Waals surface area contributed by atoms with Gasteiger partial charge in [0.25, 0.3) is 5.91 Å². The molecular formula is C18H16Cl2FNO4. The summed E-state index contributed by atoms with van der Waals surface area (Å²) in [5.74, 6) is -1.75. The number of carbonyl (C=O) groups excluding carboxylic acids is 2. The van der Waals surface area contributed by atoms with Crippen LogP contribution in [-0.2, 0) is 14.3 Å². The second-order valence-electron chi connectivity index (χ2n) is 5.47. The number of esters is 1. The van der Waals surface area contributed by atoms with Crippen molar-refractivity contribution in [3.05, 3.63) is 57.8 Å². The number of halogens is 3. The highest BCUT2D eigenvalue weighted by atomic mass is 35.5. The minimum Gasteiger partial charge on any atom is -0.477 e. The second kappa shape index (κ2) is 8.87. The Morgan fingerprint density at radius 2 is 1.92 bits per heavy atom. The second-order valence-corrected chi connectivity index (χ2v) is 6.32. The zero-order valence-electron chi connectivity index (χ0n) is 14.0. The SMILES string of the molecule is Cc1ccc(NC(=O)COC(=O)[C@H](C)Oc2ccc(Cl)cc2Cl)c(F)c1. The first-order chi connectivity index (χ1) is 12.3. The van der Waals surface area contributed by atoms with Gasteiger partial charge in [0.2, 0.25) is 0 Å². The van der Waals surface area contributed by atoms with Crippen molar-refractivity contribution in [1.82, 2.24) is 0 Å². The lowest BCUT2D eigenvalue weighted by molar-refractivity contribution is -0.153. The average Bonchev–Trinajstić information content (AvgIpc) is 2.57. The molecule has 0 spiro atoms. The standard InChI is InChI=1S/C18H16Cl2FNO4/c1-10-3-5-15(14(21)7-10)22-17(23)9-25-18(24)11(2)26-16-6-4-12(19)8-13(16)20/h3-8,11H,9H2,1-2H3,(H,22,23)/t11-/m0/s1. The molecule has 0 saturated heterocycles. The molecule has 1 N–H and O–H groups in total. The normalized spacial score (nSPS) is 11.6.